The number of halogens is 2. The predicted molar refractivity (Wildman–Crippen MR) is 122 cm³/mol. The number of pyridine rings is 1. The van der Waals surface area contributed by atoms with Crippen molar-refractivity contribution in [1.82, 2.24) is 25.0 Å². The molecule has 2 aliphatic heterocycles. The van der Waals surface area contributed by atoms with Crippen LogP contribution in [0.1, 0.15) is 61.9 Å². The van der Waals surface area contributed by atoms with Crippen LogP contribution in [0.2, 0.25) is 0 Å². The van der Waals surface area contributed by atoms with Crippen molar-refractivity contribution in [2.24, 2.45) is 0 Å². The van der Waals surface area contributed by atoms with Crippen molar-refractivity contribution in [3.8, 4) is 11.9 Å². The molecule has 8 nitrogen and oxygen atoms in total. The number of benzene rings is 1. The molecule has 1 unspecified atom stereocenters. The highest BCUT2D eigenvalue weighted by molar-refractivity contribution is 5.94. The van der Waals surface area contributed by atoms with E-state index in [4.69, 9.17) is 10.00 Å². The first-order chi connectivity index (χ1) is 16.9. The Bertz CT molecular complexity index is 1350. The summed E-state index contributed by atoms with van der Waals surface area (Å²) in [5.41, 5.74) is 4.93. The lowest BCUT2D eigenvalue weighted by Crippen LogP contribution is -2.45. The van der Waals surface area contributed by atoms with Gasteiger partial charge in [0.25, 0.3) is 6.43 Å². The monoisotopic (exact) mass is 478 g/mol. The summed E-state index contributed by atoms with van der Waals surface area (Å²) < 4.78 is 34.2. The fraction of sp³-hybridized carbons (Fsp3) is 0.360. The summed E-state index contributed by atoms with van der Waals surface area (Å²) in [5, 5.41) is 16.7. The number of aromatic nitrogens is 3. The summed E-state index contributed by atoms with van der Waals surface area (Å²) in [6.07, 6.45) is 0.295. The van der Waals surface area contributed by atoms with Crippen LogP contribution in [0.3, 0.4) is 0 Å². The highest BCUT2D eigenvalue weighted by Gasteiger charge is 2.29. The Kier molecular flexibility index (Phi) is 6.05. The molecule has 0 radical (unpaired) electrons. The number of hydrogen-bond donors (Lipinski definition) is 1. The third kappa shape index (κ3) is 4.29. The van der Waals surface area contributed by atoms with Gasteiger partial charge in [-0.3, -0.25) is 4.90 Å². The molecule has 3 aromatic rings. The highest BCUT2D eigenvalue weighted by atomic mass is 19.3. The summed E-state index contributed by atoms with van der Waals surface area (Å²) >= 11 is 0. The first-order valence-corrected chi connectivity index (χ1v) is 11.3. The van der Waals surface area contributed by atoms with Crippen LogP contribution in [0.5, 0.6) is 0 Å². The van der Waals surface area contributed by atoms with Crippen molar-refractivity contribution < 1.29 is 18.3 Å². The number of esters is 1. The van der Waals surface area contributed by atoms with E-state index in [9.17, 15) is 13.6 Å². The van der Waals surface area contributed by atoms with E-state index < -0.39 is 6.43 Å². The first kappa shape index (κ1) is 23.1. The fourth-order valence-electron chi connectivity index (χ4n) is 4.78. The van der Waals surface area contributed by atoms with Gasteiger partial charge in [0, 0.05) is 55.7 Å². The van der Waals surface area contributed by atoms with Crippen LogP contribution >= 0.6 is 0 Å². The van der Waals surface area contributed by atoms with Crippen molar-refractivity contribution >= 4 is 5.97 Å². The number of nitrogens with one attached hydrogen (secondary N) is 1. The van der Waals surface area contributed by atoms with E-state index >= 15 is 0 Å². The minimum absolute atomic E-state index is 0.00219. The van der Waals surface area contributed by atoms with Gasteiger partial charge in [0.2, 0.25) is 0 Å². The van der Waals surface area contributed by atoms with Crippen LogP contribution in [0.15, 0.2) is 30.6 Å². The highest BCUT2D eigenvalue weighted by Crippen LogP contribution is 2.31. The molecular weight excluding hydrogens is 454 g/mol. The molecule has 1 saturated heterocycles. The van der Waals surface area contributed by atoms with Crippen LogP contribution in [-0.4, -0.2) is 45.3 Å². The van der Waals surface area contributed by atoms with Crippen LogP contribution < -0.4 is 5.32 Å². The molecule has 0 spiro atoms. The minimum atomic E-state index is -2.72. The van der Waals surface area contributed by atoms with Crippen LogP contribution in [0, 0.1) is 25.2 Å². The van der Waals surface area contributed by atoms with Crippen LogP contribution in [-0.2, 0) is 17.9 Å². The van der Waals surface area contributed by atoms with Gasteiger partial charge in [-0.15, -0.1) is 0 Å². The van der Waals surface area contributed by atoms with Gasteiger partial charge in [-0.05, 0) is 42.7 Å². The number of piperazine rings is 1. The van der Waals surface area contributed by atoms with Crippen molar-refractivity contribution in [2.75, 3.05) is 19.6 Å². The molecule has 5 rings (SSSR count). The Labute approximate surface area is 201 Å². The second kappa shape index (κ2) is 9.17. The second-order valence-electron chi connectivity index (χ2n) is 8.88. The molecule has 180 valence electrons. The van der Waals surface area contributed by atoms with Gasteiger partial charge in [-0.25, -0.2) is 23.2 Å². The van der Waals surface area contributed by atoms with Gasteiger partial charge < -0.3 is 10.1 Å². The summed E-state index contributed by atoms with van der Waals surface area (Å²) in [4.78, 5) is 18.2. The van der Waals surface area contributed by atoms with E-state index in [1.807, 2.05) is 13.0 Å². The van der Waals surface area contributed by atoms with Gasteiger partial charge in [0.1, 0.15) is 18.4 Å². The quantitative estimate of drug-likeness (QED) is 0.561. The summed E-state index contributed by atoms with van der Waals surface area (Å²) in [5.74, 6) is 0.0923. The van der Waals surface area contributed by atoms with E-state index in [-0.39, 0.29) is 24.3 Å². The third-order valence-corrected chi connectivity index (χ3v) is 6.72. The number of carbonyl (C=O) groups is 1. The molecule has 1 fully saturated rings. The zero-order valence-electron chi connectivity index (χ0n) is 19.4. The Morgan fingerprint density at radius 3 is 2.91 bits per heavy atom. The molecule has 10 heteroatoms. The first-order valence-electron chi connectivity index (χ1n) is 11.3. The number of rotatable bonds is 5. The third-order valence-electron chi connectivity index (χ3n) is 6.72. The fourth-order valence-corrected chi connectivity index (χ4v) is 4.78. The number of cyclic esters (lactones) is 1. The van der Waals surface area contributed by atoms with Gasteiger partial charge in [-0.1, -0.05) is 6.07 Å². The molecule has 1 N–H and O–H groups in total. The standard InChI is InChI=1S/C25H24F2N6O2/c1-14-7-22(30-9-16(14)8-28)33-11-17(23(31-33)24(26)27)10-32-6-5-29-21(12-32)18-3-4-19-20(15(18)2)13-35-25(19)34/h3-4,7,9,11,21,24,29H,5-6,10,12-13H2,1-2H3. The van der Waals surface area contributed by atoms with Gasteiger partial charge in [0.15, 0.2) is 5.82 Å². The minimum Gasteiger partial charge on any atom is -0.457 e. The zero-order valence-corrected chi connectivity index (χ0v) is 19.4. The maximum atomic E-state index is 13.9. The van der Waals surface area contributed by atoms with Crippen molar-refractivity contribution in [3.05, 3.63) is 75.2 Å². The molecule has 2 aliphatic rings. The number of alkyl halides is 2. The Hall–Kier alpha value is -3.68. The van der Waals surface area contributed by atoms with E-state index in [0.717, 1.165) is 16.7 Å². The van der Waals surface area contributed by atoms with Crippen LogP contribution in [0.4, 0.5) is 8.78 Å². The molecule has 1 aromatic carbocycles. The van der Waals surface area contributed by atoms with E-state index in [1.165, 1.54) is 10.9 Å². The lowest BCUT2D eigenvalue weighted by atomic mass is 9.93. The second-order valence-corrected chi connectivity index (χ2v) is 8.88. The van der Waals surface area contributed by atoms with Gasteiger partial charge >= 0.3 is 5.97 Å². The average Bonchev–Trinajstić information content (AvgIpc) is 3.44. The number of carbonyl (C=O) groups excluding carboxylic acids is 1. The normalized spacial score (nSPS) is 17.9. The average molecular weight is 479 g/mol. The smallest absolute Gasteiger partial charge is 0.338 e. The molecule has 1 atom stereocenters. The molecule has 0 bridgehead atoms. The zero-order chi connectivity index (χ0) is 24.7. The number of nitrogens with zero attached hydrogens (tertiary/aromatic N) is 5. The Morgan fingerprint density at radius 1 is 1.34 bits per heavy atom. The molecule has 0 amide bonds. The van der Waals surface area contributed by atoms with Crippen LogP contribution in [0.25, 0.3) is 5.82 Å². The van der Waals surface area contributed by atoms with Crippen molar-refractivity contribution in [1.29, 1.82) is 5.26 Å². The van der Waals surface area contributed by atoms with Gasteiger partial charge in [0.05, 0.1) is 11.1 Å². The number of fused-ring (bicyclic) bond motifs is 1. The molecule has 4 heterocycles. The maximum Gasteiger partial charge on any atom is 0.338 e. The largest absolute Gasteiger partial charge is 0.457 e. The topological polar surface area (TPSA) is 96.1 Å². The predicted octanol–water partition coefficient (Wildman–Crippen LogP) is 3.51. The SMILES string of the molecule is Cc1cc(-n2cc(CN3CCNC(c4ccc5c(c4C)COC5=O)C3)c(C(F)F)n2)ncc1C#N. The molecule has 2 aromatic heterocycles. The van der Waals surface area contributed by atoms with Crippen molar-refractivity contribution in [2.45, 2.75) is 39.5 Å². The van der Waals surface area contributed by atoms with E-state index in [2.05, 4.69) is 26.4 Å². The molecular formula is C25H24F2N6O2. The summed E-state index contributed by atoms with van der Waals surface area (Å²) in [7, 11) is 0. The number of nitriles is 1. The summed E-state index contributed by atoms with van der Waals surface area (Å²) in [6.45, 7) is 6.38. The molecule has 35 heavy (non-hydrogen) atoms. The molecule has 0 saturated carbocycles. The molecule has 0 aliphatic carbocycles. The van der Waals surface area contributed by atoms with E-state index in [0.29, 0.717) is 54.3 Å². The number of hydrogen-bond acceptors (Lipinski definition) is 7. The lowest BCUT2D eigenvalue weighted by molar-refractivity contribution is 0.0535. The Balaban J connectivity index is 1.38. The van der Waals surface area contributed by atoms with Gasteiger partial charge in [-0.2, -0.15) is 10.4 Å². The summed E-state index contributed by atoms with van der Waals surface area (Å²) in [6, 6.07) is 7.47. The van der Waals surface area contributed by atoms with E-state index in [1.54, 1.807) is 25.3 Å². The maximum absolute atomic E-state index is 13.9. The Morgan fingerprint density at radius 2 is 2.17 bits per heavy atom. The number of ether oxygens (including phenoxy) is 1. The lowest BCUT2D eigenvalue weighted by Gasteiger charge is -2.34. The van der Waals surface area contributed by atoms with Crippen molar-refractivity contribution in [3.63, 3.8) is 0 Å². The number of aryl methyl sites for hydroxylation is 1.